The second-order valence-electron chi connectivity index (χ2n) is 4.67. The van der Waals surface area contributed by atoms with Crippen LogP contribution in [0.4, 0.5) is 10.1 Å². The molecule has 0 radical (unpaired) electrons. The monoisotopic (exact) mass is 311 g/mol. The molecule has 4 heteroatoms. The summed E-state index contributed by atoms with van der Waals surface area (Å²) >= 11 is 11.6. The highest BCUT2D eigenvalue weighted by Crippen LogP contribution is 2.27. The number of nitrogens with one attached hydrogen (secondary N) is 1. The normalized spacial score (nSPS) is 12.2. The first-order chi connectivity index (χ1) is 9.60. The van der Waals surface area contributed by atoms with E-state index in [9.17, 15) is 4.39 Å². The summed E-state index contributed by atoms with van der Waals surface area (Å²) in [5.74, 6) is -0.414. The van der Waals surface area contributed by atoms with Crippen LogP contribution in [0, 0.1) is 5.82 Å². The molecule has 1 atom stereocenters. The van der Waals surface area contributed by atoms with Gasteiger partial charge in [0.1, 0.15) is 5.82 Å². The van der Waals surface area contributed by atoms with E-state index in [2.05, 4.69) is 12.2 Å². The van der Waals surface area contributed by atoms with Gasteiger partial charge in [-0.05, 0) is 42.3 Å². The number of hydrogen-bond acceptors (Lipinski definition) is 1. The molecule has 2 rings (SSSR count). The maximum atomic E-state index is 13.5. The first-order valence-electron chi connectivity index (χ1n) is 6.57. The highest BCUT2D eigenvalue weighted by atomic mass is 35.5. The van der Waals surface area contributed by atoms with Crippen molar-refractivity contribution in [2.45, 2.75) is 25.8 Å². The molecular weight excluding hydrogens is 296 g/mol. The molecule has 0 bridgehead atoms. The van der Waals surface area contributed by atoms with Crippen molar-refractivity contribution in [1.29, 1.82) is 0 Å². The maximum absolute atomic E-state index is 13.5. The molecule has 0 amide bonds. The molecule has 106 valence electrons. The lowest BCUT2D eigenvalue weighted by Crippen LogP contribution is -2.10. The first-order valence-corrected chi connectivity index (χ1v) is 7.32. The van der Waals surface area contributed by atoms with Gasteiger partial charge in [-0.15, -0.1) is 0 Å². The van der Waals surface area contributed by atoms with Gasteiger partial charge in [-0.2, -0.15) is 0 Å². The quantitative estimate of drug-likeness (QED) is 0.705. The van der Waals surface area contributed by atoms with Gasteiger partial charge in [-0.25, -0.2) is 4.39 Å². The fourth-order valence-electron chi connectivity index (χ4n) is 2.09. The zero-order valence-corrected chi connectivity index (χ0v) is 12.7. The topological polar surface area (TPSA) is 12.0 Å². The molecular formula is C16H16Cl2FN. The Morgan fingerprint density at radius 3 is 2.40 bits per heavy atom. The summed E-state index contributed by atoms with van der Waals surface area (Å²) < 4.78 is 13.5. The standard InChI is InChI=1S/C16H16Cl2FN/c1-2-3-16(11-4-6-12(17)7-5-11)20-13-8-9-14(18)15(19)10-13/h4-10,16,20H,2-3H2,1H3. The average Bonchev–Trinajstić information content (AvgIpc) is 2.43. The second kappa shape index (κ2) is 6.96. The molecule has 0 aromatic heterocycles. The van der Waals surface area contributed by atoms with Crippen LogP contribution in [0.15, 0.2) is 42.5 Å². The van der Waals surface area contributed by atoms with Crippen molar-refractivity contribution >= 4 is 28.9 Å². The van der Waals surface area contributed by atoms with Gasteiger partial charge in [0.25, 0.3) is 0 Å². The van der Waals surface area contributed by atoms with Crippen molar-refractivity contribution < 1.29 is 4.39 Å². The Bertz CT molecular complexity index is 569. The summed E-state index contributed by atoms with van der Waals surface area (Å²) in [5.41, 5.74) is 1.85. The van der Waals surface area contributed by atoms with Gasteiger partial charge in [0.2, 0.25) is 0 Å². The molecule has 0 fully saturated rings. The lowest BCUT2D eigenvalue weighted by Gasteiger charge is -2.20. The van der Waals surface area contributed by atoms with Crippen LogP contribution in [0.2, 0.25) is 10.0 Å². The van der Waals surface area contributed by atoms with E-state index < -0.39 is 5.82 Å². The van der Waals surface area contributed by atoms with E-state index in [-0.39, 0.29) is 11.1 Å². The predicted octanol–water partition coefficient (Wildman–Crippen LogP) is 6.09. The summed E-state index contributed by atoms with van der Waals surface area (Å²) in [6, 6.07) is 12.6. The lowest BCUT2D eigenvalue weighted by atomic mass is 10.0. The van der Waals surface area contributed by atoms with E-state index in [1.54, 1.807) is 12.1 Å². The number of anilines is 1. The number of halogens is 3. The lowest BCUT2D eigenvalue weighted by molar-refractivity contribution is 0.626. The van der Waals surface area contributed by atoms with Gasteiger partial charge < -0.3 is 5.32 Å². The summed E-state index contributed by atoms with van der Waals surface area (Å²) in [5, 5.41) is 4.19. The minimum atomic E-state index is -0.414. The minimum Gasteiger partial charge on any atom is -0.378 e. The third kappa shape index (κ3) is 3.87. The van der Waals surface area contributed by atoms with Gasteiger partial charge in [0.15, 0.2) is 0 Å². The van der Waals surface area contributed by atoms with E-state index in [0.29, 0.717) is 5.02 Å². The Kier molecular flexibility index (Phi) is 5.27. The van der Waals surface area contributed by atoms with E-state index in [1.165, 1.54) is 6.07 Å². The molecule has 0 spiro atoms. The molecule has 0 aliphatic carbocycles. The fourth-order valence-corrected chi connectivity index (χ4v) is 2.34. The summed E-state index contributed by atoms with van der Waals surface area (Å²) in [4.78, 5) is 0. The molecule has 1 N–H and O–H groups in total. The van der Waals surface area contributed by atoms with Crippen LogP contribution in [-0.2, 0) is 0 Å². The van der Waals surface area contributed by atoms with Crippen LogP contribution in [0.5, 0.6) is 0 Å². The molecule has 1 unspecified atom stereocenters. The van der Waals surface area contributed by atoms with Gasteiger partial charge in [-0.3, -0.25) is 0 Å². The zero-order chi connectivity index (χ0) is 14.5. The maximum Gasteiger partial charge on any atom is 0.143 e. The number of rotatable bonds is 5. The van der Waals surface area contributed by atoms with Crippen LogP contribution in [0.1, 0.15) is 31.4 Å². The highest BCUT2D eigenvalue weighted by Gasteiger charge is 2.11. The molecule has 0 saturated carbocycles. The van der Waals surface area contributed by atoms with Crippen molar-refractivity contribution in [2.75, 3.05) is 5.32 Å². The Labute approximate surface area is 128 Å². The van der Waals surface area contributed by atoms with Crippen LogP contribution in [0.25, 0.3) is 0 Å². The first kappa shape index (κ1) is 15.1. The van der Waals surface area contributed by atoms with Gasteiger partial charge in [-0.1, -0.05) is 48.7 Å². The molecule has 0 aliphatic heterocycles. The Hall–Kier alpha value is -1.25. The number of hydrogen-bond donors (Lipinski definition) is 1. The largest absolute Gasteiger partial charge is 0.378 e. The molecule has 0 aliphatic rings. The van der Waals surface area contributed by atoms with E-state index in [0.717, 1.165) is 24.1 Å². The SMILES string of the molecule is CCCC(Nc1ccc(Cl)c(F)c1)c1ccc(Cl)cc1. The van der Waals surface area contributed by atoms with Crippen molar-refractivity contribution in [3.05, 3.63) is 63.9 Å². The third-order valence-electron chi connectivity index (χ3n) is 3.11. The van der Waals surface area contributed by atoms with Crippen LogP contribution >= 0.6 is 23.2 Å². The molecule has 0 saturated heterocycles. The Morgan fingerprint density at radius 1 is 1.10 bits per heavy atom. The van der Waals surface area contributed by atoms with Crippen molar-refractivity contribution in [2.24, 2.45) is 0 Å². The van der Waals surface area contributed by atoms with Crippen molar-refractivity contribution in [1.82, 2.24) is 0 Å². The zero-order valence-electron chi connectivity index (χ0n) is 11.2. The molecule has 1 nitrogen and oxygen atoms in total. The van der Waals surface area contributed by atoms with E-state index in [1.807, 2.05) is 24.3 Å². The summed E-state index contributed by atoms with van der Waals surface area (Å²) in [6.07, 6.45) is 1.97. The van der Waals surface area contributed by atoms with Crippen LogP contribution < -0.4 is 5.32 Å². The summed E-state index contributed by atoms with van der Waals surface area (Å²) in [7, 11) is 0. The summed E-state index contributed by atoms with van der Waals surface area (Å²) in [6.45, 7) is 2.12. The van der Waals surface area contributed by atoms with Gasteiger partial charge in [0.05, 0.1) is 11.1 Å². The number of benzene rings is 2. The average molecular weight is 312 g/mol. The highest BCUT2D eigenvalue weighted by molar-refractivity contribution is 6.31. The van der Waals surface area contributed by atoms with Crippen LogP contribution in [0.3, 0.4) is 0 Å². The smallest absolute Gasteiger partial charge is 0.143 e. The molecule has 2 aromatic carbocycles. The van der Waals surface area contributed by atoms with Crippen LogP contribution in [-0.4, -0.2) is 0 Å². The van der Waals surface area contributed by atoms with Gasteiger partial charge in [0, 0.05) is 10.7 Å². The second-order valence-corrected chi connectivity index (χ2v) is 5.51. The van der Waals surface area contributed by atoms with Gasteiger partial charge >= 0.3 is 0 Å². The fraction of sp³-hybridized carbons (Fsp3) is 0.250. The molecule has 0 heterocycles. The minimum absolute atomic E-state index is 0.123. The van der Waals surface area contributed by atoms with Crippen molar-refractivity contribution in [3.8, 4) is 0 Å². The van der Waals surface area contributed by atoms with E-state index in [4.69, 9.17) is 23.2 Å². The third-order valence-corrected chi connectivity index (χ3v) is 3.67. The predicted molar refractivity (Wildman–Crippen MR) is 84.1 cm³/mol. The Morgan fingerprint density at radius 2 is 1.80 bits per heavy atom. The van der Waals surface area contributed by atoms with E-state index >= 15 is 0 Å². The molecule has 2 aromatic rings. The molecule has 20 heavy (non-hydrogen) atoms. The Balaban J connectivity index is 2.20. The van der Waals surface area contributed by atoms with Crippen molar-refractivity contribution in [3.63, 3.8) is 0 Å².